The van der Waals surface area contributed by atoms with Crippen molar-refractivity contribution in [1.29, 1.82) is 5.26 Å². The number of hydrogen-bond donors (Lipinski definition) is 1. The van der Waals surface area contributed by atoms with Crippen LogP contribution in [-0.2, 0) is 0 Å². The van der Waals surface area contributed by atoms with Crippen LogP contribution in [0.25, 0.3) is 23.0 Å². The summed E-state index contributed by atoms with van der Waals surface area (Å²) < 4.78 is 18.4. The van der Waals surface area contributed by atoms with Gasteiger partial charge < -0.3 is 9.51 Å². The van der Waals surface area contributed by atoms with E-state index in [-0.39, 0.29) is 11.7 Å². The molecule has 6 heteroatoms. The van der Waals surface area contributed by atoms with E-state index in [1.54, 1.807) is 18.2 Å². The van der Waals surface area contributed by atoms with Crippen molar-refractivity contribution < 1.29 is 8.91 Å². The molecule has 0 aliphatic heterocycles. The van der Waals surface area contributed by atoms with Crippen molar-refractivity contribution in [3.05, 3.63) is 47.4 Å². The Kier molecular flexibility index (Phi) is 2.80. The molecule has 0 spiro atoms. The van der Waals surface area contributed by atoms with Crippen LogP contribution < -0.4 is 0 Å². The number of nitrogens with one attached hydrogen (secondary N) is 1. The molecule has 0 saturated carbocycles. The predicted molar refractivity (Wildman–Crippen MR) is 68.9 cm³/mol. The number of nitrogens with zero attached hydrogens (tertiary/aromatic N) is 3. The number of benzene rings is 1. The lowest BCUT2D eigenvalue weighted by Gasteiger charge is -1.99. The lowest BCUT2D eigenvalue weighted by molar-refractivity contribution is 0.431. The zero-order chi connectivity index (χ0) is 14.1. The Balaban J connectivity index is 2.02. The second-order valence-corrected chi connectivity index (χ2v) is 4.28. The minimum absolute atomic E-state index is 0.255. The molecule has 0 aliphatic carbocycles. The third-order valence-corrected chi connectivity index (χ3v) is 2.90. The van der Waals surface area contributed by atoms with Crippen LogP contribution in [-0.4, -0.2) is 15.1 Å². The molecular weight excluding hydrogens is 259 g/mol. The van der Waals surface area contributed by atoms with Crippen molar-refractivity contribution in [2.24, 2.45) is 0 Å². The summed E-state index contributed by atoms with van der Waals surface area (Å²) in [6.07, 6.45) is 0. The van der Waals surface area contributed by atoms with Gasteiger partial charge in [-0.05, 0) is 36.8 Å². The molecule has 0 fully saturated rings. The maximum absolute atomic E-state index is 13.3. The van der Waals surface area contributed by atoms with Crippen molar-refractivity contribution in [1.82, 2.24) is 15.1 Å². The lowest BCUT2D eigenvalue weighted by atomic mass is 10.1. The molecule has 0 radical (unpaired) electrons. The van der Waals surface area contributed by atoms with Crippen molar-refractivity contribution in [2.75, 3.05) is 0 Å². The first-order valence-corrected chi connectivity index (χ1v) is 5.87. The Morgan fingerprint density at radius 3 is 2.90 bits per heavy atom. The number of nitriles is 1. The summed E-state index contributed by atoms with van der Waals surface area (Å²) in [4.78, 5) is 7.05. The zero-order valence-electron chi connectivity index (χ0n) is 10.5. The molecule has 5 nitrogen and oxygen atoms in total. The minimum Gasteiger partial charge on any atom is -0.342 e. The van der Waals surface area contributed by atoms with Gasteiger partial charge in [-0.25, -0.2) is 4.39 Å². The van der Waals surface area contributed by atoms with Gasteiger partial charge in [0.25, 0.3) is 5.89 Å². The second kappa shape index (κ2) is 4.63. The van der Waals surface area contributed by atoms with E-state index in [0.717, 1.165) is 5.56 Å². The molecular formula is C14H9FN4O. The number of H-pyrrole nitrogens is 1. The van der Waals surface area contributed by atoms with Gasteiger partial charge in [-0.1, -0.05) is 11.2 Å². The highest BCUT2D eigenvalue weighted by Gasteiger charge is 2.14. The number of rotatable bonds is 2. The van der Waals surface area contributed by atoms with Gasteiger partial charge in [0.05, 0.1) is 0 Å². The molecule has 3 aromatic rings. The number of aromatic nitrogens is 3. The molecule has 20 heavy (non-hydrogen) atoms. The largest absolute Gasteiger partial charge is 0.342 e. The highest BCUT2D eigenvalue weighted by atomic mass is 19.1. The standard InChI is InChI=1S/C14H9FN4O/c1-8-2-3-9(15)6-11(8)13-18-14(20-19-13)12-5-4-10(7-16)17-12/h2-6,17H,1H3. The van der Waals surface area contributed by atoms with E-state index in [1.165, 1.54) is 12.1 Å². The monoisotopic (exact) mass is 268 g/mol. The van der Waals surface area contributed by atoms with Crippen LogP contribution in [0.15, 0.2) is 34.9 Å². The van der Waals surface area contributed by atoms with Crippen LogP contribution in [0.3, 0.4) is 0 Å². The number of halogens is 1. The second-order valence-electron chi connectivity index (χ2n) is 4.28. The molecule has 2 heterocycles. The molecule has 0 saturated heterocycles. The molecule has 0 amide bonds. The summed E-state index contributed by atoms with van der Waals surface area (Å²) in [5.74, 6) is 0.207. The summed E-state index contributed by atoms with van der Waals surface area (Å²) in [5.41, 5.74) is 2.38. The summed E-state index contributed by atoms with van der Waals surface area (Å²) in [7, 11) is 0. The molecule has 0 aliphatic rings. The van der Waals surface area contributed by atoms with Crippen molar-refractivity contribution >= 4 is 0 Å². The van der Waals surface area contributed by atoms with Crippen molar-refractivity contribution in [3.8, 4) is 29.0 Å². The Hall–Kier alpha value is -2.94. The summed E-state index contributed by atoms with van der Waals surface area (Å²) in [5, 5.41) is 12.6. The molecule has 0 atom stereocenters. The smallest absolute Gasteiger partial charge is 0.274 e. The van der Waals surface area contributed by atoms with Gasteiger partial charge in [-0.3, -0.25) is 0 Å². The van der Waals surface area contributed by atoms with Gasteiger partial charge in [0.1, 0.15) is 23.3 Å². The van der Waals surface area contributed by atoms with Crippen LogP contribution in [0.5, 0.6) is 0 Å². The average molecular weight is 268 g/mol. The van der Waals surface area contributed by atoms with E-state index in [0.29, 0.717) is 22.8 Å². The summed E-state index contributed by atoms with van der Waals surface area (Å²) in [6, 6.07) is 9.67. The van der Waals surface area contributed by atoms with Crippen LogP contribution >= 0.6 is 0 Å². The van der Waals surface area contributed by atoms with E-state index < -0.39 is 0 Å². The van der Waals surface area contributed by atoms with E-state index in [4.69, 9.17) is 9.78 Å². The van der Waals surface area contributed by atoms with Crippen molar-refractivity contribution in [2.45, 2.75) is 6.92 Å². The van der Waals surface area contributed by atoms with Crippen LogP contribution in [0.4, 0.5) is 4.39 Å². The predicted octanol–water partition coefficient (Wildman–Crippen LogP) is 3.05. The fourth-order valence-electron chi connectivity index (χ4n) is 1.86. The van der Waals surface area contributed by atoms with Gasteiger partial charge >= 0.3 is 0 Å². The first-order chi connectivity index (χ1) is 9.67. The van der Waals surface area contributed by atoms with Gasteiger partial charge in [-0.15, -0.1) is 0 Å². The number of aryl methyl sites for hydroxylation is 1. The SMILES string of the molecule is Cc1ccc(F)cc1-c1noc(-c2ccc(C#N)[nH]2)n1. The first kappa shape index (κ1) is 12.1. The third kappa shape index (κ3) is 2.06. The minimum atomic E-state index is -0.358. The Morgan fingerprint density at radius 2 is 2.15 bits per heavy atom. The third-order valence-electron chi connectivity index (χ3n) is 2.90. The Bertz CT molecular complexity index is 813. The molecule has 0 bridgehead atoms. The topological polar surface area (TPSA) is 78.5 Å². The van der Waals surface area contributed by atoms with Gasteiger partial charge in [0, 0.05) is 5.56 Å². The molecule has 98 valence electrons. The van der Waals surface area contributed by atoms with E-state index in [2.05, 4.69) is 15.1 Å². The molecule has 3 rings (SSSR count). The maximum Gasteiger partial charge on any atom is 0.274 e. The fraction of sp³-hybridized carbons (Fsp3) is 0.0714. The molecule has 1 aromatic carbocycles. The zero-order valence-corrected chi connectivity index (χ0v) is 10.5. The average Bonchev–Trinajstić information content (AvgIpc) is 3.09. The molecule has 1 N–H and O–H groups in total. The quantitative estimate of drug-likeness (QED) is 0.774. The van der Waals surface area contributed by atoms with E-state index in [9.17, 15) is 4.39 Å². The summed E-state index contributed by atoms with van der Waals surface area (Å²) in [6.45, 7) is 1.84. The van der Waals surface area contributed by atoms with E-state index in [1.807, 2.05) is 13.0 Å². The Morgan fingerprint density at radius 1 is 1.30 bits per heavy atom. The normalized spacial score (nSPS) is 10.4. The van der Waals surface area contributed by atoms with Crippen molar-refractivity contribution in [3.63, 3.8) is 0 Å². The maximum atomic E-state index is 13.3. The van der Waals surface area contributed by atoms with Crippen LogP contribution in [0.2, 0.25) is 0 Å². The highest BCUT2D eigenvalue weighted by Crippen LogP contribution is 2.24. The molecule has 2 aromatic heterocycles. The number of aromatic amines is 1. The molecule has 0 unspecified atom stereocenters. The Labute approximate surface area is 113 Å². The van der Waals surface area contributed by atoms with Gasteiger partial charge in [-0.2, -0.15) is 10.2 Å². The lowest BCUT2D eigenvalue weighted by Crippen LogP contribution is -1.87. The van der Waals surface area contributed by atoms with E-state index >= 15 is 0 Å². The van der Waals surface area contributed by atoms with Crippen LogP contribution in [0, 0.1) is 24.1 Å². The first-order valence-electron chi connectivity index (χ1n) is 5.87. The highest BCUT2D eigenvalue weighted by molar-refractivity contribution is 5.62. The van der Waals surface area contributed by atoms with Crippen LogP contribution in [0.1, 0.15) is 11.3 Å². The van der Waals surface area contributed by atoms with Gasteiger partial charge in [0.15, 0.2) is 0 Å². The fourth-order valence-corrected chi connectivity index (χ4v) is 1.86. The summed E-state index contributed by atoms with van der Waals surface area (Å²) >= 11 is 0. The number of hydrogen-bond acceptors (Lipinski definition) is 4. The van der Waals surface area contributed by atoms with Gasteiger partial charge in [0.2, 0.25) is 5.82 Å².